The molecule has 17 heavy (non-hydrogen) atoms. The van der Waals surface area contributed by atoms with Gasteiger partial charge in [-0.25, -0.2) is 4.79 Å². The minimum absolute atomic E-state index is 0.0394. The van der Waals surface area contributed by atoms with Crippen molar-refractivity contribution in [3.8, 4) is 0 Å². The van der Waals surface area contributed by atoms with E-state index in [0.29, 0.717) is 0 Å². The van der Waals surface area contributed by atoms with Crippen molar-refractivity contribution in [2.75, 3.05) is 7.11 Å². The van der Waals surface area contributed by atoms with Gasteiger partial charge in [0.1, 0.15) is 5.56 Å². The van der Waals surface area contributed by atoms with Crippen LogP contribution in [0.4, 0.5) is 0 Å². The molecule has 0 unspecified atom stereocenters. The highest BCUT2D eigenvalue weighted by atomic mass is 36.0. The molecule has 0 aromatic carbocycles. The van der Waals surface area contributed by atoms with Crippen LogP contribution in [0.5, 0.6) is 0 Å². The number of H-pyrrole nitrogens is 1. The Morgan fingerprint density at radius 3 is 2.29 bits per heavy atom. The SMILES string of the molecule is COC(=O)c1cc(C)c[nH]c1=O.O=P(Cl)(Cl)Cl. The van der Waals surface area contributed by atoms with E-state index in [4.69, 9.17) is 0 Å². The maximum Gasteiger partial charge on any atom is 0.343 e. The highest BCUT2D eigenvalue weighted by Crippen LogP contribution is 2.61. The van der Waals surface area contributed by atoms with E-state index in [0.717, 1.165) is 5.56 Å². The van der Waals surface area contributed by atoms with E-state index in [-0.39, 0.29) is 5.56 Å². The molecule has 1 aromatic heterocycles. The molecule has 0 bridgehead atoms. The summed E-state index contributed by atoms with van der Waals surface area (Å²) in [5, 5.41) is -3.22. The van der Waals surface area contributed by atoms with E-state index in [1.54, 1.807) is 6.92 Å². The average molecular weight is 320 g/mol. The lowest BCUT2D eigenvalue weighted by molar-refractivity contribution is 0.0598. The number of aromatic amines is 1. The molecule has 5 nitrogen and oxygen atoms in total. The summed E-state index contributed by atoms with van der Waals surface area (Å²) in [5.74, 6) is -0.611. The van der Waals surface area contributed by atoms with Crippen LogP contribution in [0.1, 0.15) is 15.9 Å². The van der Waals surface area contributed by atoms with Crippen molar-refractivity contribution in [1.29, 1.82) is 0 Å². The van der Waals surface area contributed by atoms with Crippen LogP contribution >= 0.6 is 38.9 Å². The largest absolute Gasteiger partial charge is 0.465 e. The Morgan fingerprint density at radius 2 is 1.88 bits per heavy atom. The van der Waals surface area contributed by atoms with E-state index >= 15 is 0 Å². The van der Waals surface area contributed by atoms with E-state index in [1.807, 2.05) is 0 Å². The standard InChI is InChI=1S/C8H9NO3.Cl3OP/c1-5-3-6(8(11)12-2)7(10)9-4-5;1-5(2,3)4/h3-4H,1-2H3,(H,9,10);. The van der Waals surface area contributed by atoms with Crippen molar-refractivity contribution < 1.29 is 14.1 Å². The van der Waals surface area contributed by atoms with Crippen LogP contribution in [0, 0.1) is 6.92 Å². The molecule has 0 saturated heterocycles. The van der Waals surface area contributed by atoms with Crippen LogP contribution in [-0.2, 0) is 9.30 Å². The van der Waals surface area contributed by atoms with Gasteiger partial charge in [-0.15, -0.1) is 0 Å². The molecule has 9 heteroatoms. The number of pyridine rings is 1. The number of hydrogen-bond acceptors (Lipinski definition) is 4. The first-order chi connectivity index (χ1) is 7.65. The fourth-order valence-corrected chi connectivity index (χ4v) is 0.854. The van der Waals surface area contributed by atoms with Crippen LogP contribution in [0.15, 0.2) is 17.1 Å². The second-order valence-electron chi connectivity index (χ2n) is 2.81. The Balaban J connectivity index is 0.000000437. The van der Waals surface area contributed by atoms with Crippen LogP contribution in [0.2, 0.25) is 0 Å². The Bertz CT molecular complexity index is 488. The molecular weight excluding hydrogens is 311 g/mol. The van der Waals surface area contributed by atoms with Crippen LogP contribution in [-0.4, -0.2) is 18.1 Å². The van der Waals surface area contributed by atoms with Crippen LogP contribution in [0.25, 0.3) is 0 Å². The normalized spacial score (nSPS) is 10.2. The van der Waals surface area contributed by atoms with Gasteiger partial charge < -0.3 is 9.72 Å². The summed E-state index contributed by atoms with van der Waals surface area (Å²) in [5.41, 5.74) is 0.431. The summed E-state index contributed by atoms with van der Waals surface area (Å²) in [7, 11) is 1.24. The van der Waals surface area contributed by atoms with Gasteiger partial charge >= 0.3 is 11.2 Å². The van der Waals surface area contributed by atoms with Gasteiger partial charge in [-0.05, 0) is 52.3 Å². The number of methoxy groups -OCH3 is 1. The van der Waals surface area contributed by atoms with Crippen molar-refractivity contribution in [3.05, 3.63) is 33.7 Å². The number of ether oxygens (including phenoxy) is 1. The van der Waals surface area contributed by atoms with Crippen molar-refractivity contribution in [2.24, 2.45) is 0 Å². The molecule has 0 radical (unpaired) electrons. The molecule has 1 heterocycles. The highest BCUT2D eigenvalue weighted by molar-refractivity contribution is 8.24. The van der Waals surface area contributed by atoms with E-state index in [1.165, 1.54) is 19.4 Å². The molecule has 0 aliphatic carbocycles. The van der Waals surface area contributed by atoms with Crippen LogP contribution < -0.4 is 5.56 Å². The van der Waals surface area contributed by atoms with E-state index < -0.39 is 16.7 Å². The van der Waals surface area contributed by atoms with Gasteiger partial charge in [0.25, 0.3) is 5.56 Å². The first-order valence-corrected chi connectivity index (χ1v) is 8.54. The molecule has 96 valence electrons. The van der Waals surface area contributed by atoms with Crippen molar-refractivity contribution in [1.82, 2.24) is 4.98 Å². The van der Waals surface area contributed by atoms with Gasteiger partial charge in [0.2, 0.25) is 0 Å². The van der Waals surface area contributed by atoms with Gasteiger partial charge in [-0.2, -0.15) is 0 Å². The number of esters is 1. The molecule has 0 amide bonds. The summed E-state index contributed by atoms with van der Waals surface area (Å²) in [6, 6.07) is 1.49. The molecule has 1 aromatic rings. The van der Waals surface area contributed by atoms with E-state index in [9.17, 15) is 14.2 Å². The average Bonchev–Trinajstić information content (AvgIpc) is 2.18. The van der Waals surface area contributed by atoms with Crippen LogP contribution in [0.3, 0.4) is 0 Å². The predicted octanol–water partition coefficient (Wildman–Crippen LogP) is 3.28. The first-order valence-electron chi connectivity index (χ1n) is 4.11. The van der Waals surface area contributed by atoms with Gasteiger partial charge in [-0.3, -0.25) is 9.36 Å². The van der Waals surface area contributed by atoms with E-state index in [2.05, 4.69) is 43.4 Å². The third-order valence-corrected chi connectivity index (χ3v) is 1.45. The number of hydrogen-bond donors (Lipinski definition) is 1. The quantitative estimate of drug-likeness (QED) is 0.636. The lowest BCUT2D eigenvalue weighted by atomic mass is 10.2. The zero-order chi connectivity index (χ0) is 13.6. The first kappa shape index (κ1) is 16.5. The minimum Gasteiger partial charge on any atom is -0.465 e. The molecule has 0 saturated carbocycles. The fourth-order valence-electron chi connectivity index (χ4n) is 0.854. The highest BCUT2D eigenvalue weighted by Gasteiger charge is 2.09. The van der Waals surface area contributed by atoms with Crippen molar-refractivity contribution >= 4 is 44.9 Å². The Hall–Kier alpha value is -0.480. The third-order valence-electron chi connectivity index (χ3n) is 1.45. The number of nitrogens with one attached hydrogen (secondary N) is 1. The number of aromatic nitrogens is 1. The molecular formula is C8H9Cl3NO4P. The Kier molecular flexibility index (Phi) is 6.87. The molecule has 0 spiro atoms. The molecule has 1 N–H and O–H groups in total. The predicted molar refractivity (Wildman–Crippen MR) is 68.3 cm³/mol. The molecule has 1 rings (SSSR count). The summed E-state index contributed by atoms with van der Waals surface area (Å²) >= 11 is 13.8. The summed E-state index contributed by atoms with van der Waals surface area (Å²) in [4.78, 5) is 24.4. The smallest absolute Gasteiger partial charge is 0.343 e. The van der Waals surface area contributed by atoms with Gasteiger partial charge in [0.05, 0.1) is 7.11 Å². The number of rotatable bonds is 1. The summed E-state index contributed by atoms with van der Waals surface area (Å²) in [6.45, 7) is 1.78. The molecule has 0 fully saturated rings. The lowest BCUT2D eigenvalue weighted by Gasteiger charge is -1.97. The van der Waals surface area contributed by atoms with Gasteiger partial charge in [0.15, 0.2) is 0 Å². The lowest BCUT2D eigenvalue weighted by Crippen LogP contribution is -2.18. The number of aryl methyl sites for hydroxylation is 1. The van der Waals surface area contributed by atoms with Crippen molar-refractivity contribution in [3.63, 3.8) is 0 Å². The minimum atomic E-state index is -3.22. The van der Waals surface area contributed by atoms with Gasteiger partial charge in [-0.1, -0.05) is 0 Å². The second kappa shape index (κ2) is 7.07. The third kappa shape index (κ3) is 8.27. The number of carbonyl (C=O) groups is 1. The molecule has 0 aliphatic heterocycles. The maximum atomic E-state index is 11.0. The van der Waals surface area contributed by atoms with Crippen molar-refractivity contribution in [2.45, 2.75) is 6.92 Å². The fraction of sp³-hybridized carbons (Fsp3) is 0.250. The zero-order valence-electron chi connectivity index (χ0n) is 8.87. The number of carbonyl (C=O) groups excluding carboxylic acids is 1. The topological polar surface area (TPSA) is 76.2 Å². The molecule has 0 aliphatic rings. The van der Waals surface area contributed by atoms with Gasteiger partial charge in [0, 0.05) is 6.20 Å². The zero-order valence-corrected chi connectivity index (χ0v) is 12.0. The monoisotopic (exact) mass is 319 g/mol. The maximum absolute atomic E-state index is 11.0. The number of halogens is 3. The Morgan fingerprint density at radius 1 is 1.41 bits per heavy atom. The summed E-state index contributed by atoms with van der Waals surface area (Å²) < 4.78 is 13.9. The summed E-state index contributed by atoms with van der Waals surface area (Å²) in [6.07, 6.45) is 1.54. The second-order valence-corrected chi connectivity index (χ2v) is 9.45. The Labute approximate surface area is 112 Å². The molecule has 0 atom stereocenters.